The number of hydrogen-bond donors (Lipinski definition) is 0. The molecular formula is C22H20ClN3. The lowest BCUT2D eigenvalue weighted by Gasteiger charge is -2.23. The van der Waals surface area contributed by atoms with Crippen LogP contribution in [0.2, 0.25) is 0 Å². The van der Waals surface area contributed by atoms with Crippen LogP contribution in [0.15, 0.2) is 85.2 Å². The number of hydrogen-bond acceptors (Lipinski definition) is 3. The molecule has 26 heavy (non-hydrogen) atoms. The third-order valence-corrected chi connectivity index (χ3v) is 4.38. The summed E-state index contributed by atoms with van der Waals surface area (Å²) in [5.74, 6) is 0.958. The molecular weight excluding hydrogens is 342 g/mol. The van der Waals surface area contributed by atoms with Crippen molar-refractivity contribution >= 4 is 34.8 Å². The van der Waals surface area contributed by atoms with Crippen LogP contribution in [0.4, 0.5) is 11.5 Å². The maximum absolute atomic E-state index is 4.47. The number of aromatic nitrogens is 2. The molecule has 0 radical (unpaired) electrons. The van der Waals surface area contributed by atoms with Gasteiger partial charge in [-0.1, -0.05) is 54.6 Å². The molecule has 0 atom stereocenters. The van der Waals surface area contributed by atoms with E-state index in [2.05, 4.69) is 64.3 Å². The molecule has 5 rings (SSSR count). The van der Waals surface area contributed by atoms with Crippen molar-refractivity contribution in [1.29, 1.82) is 0 Å². The van der Waals surface area contributed by atoms with E-state index in [0.717, 1.165) is 29.0 Å². The van der Waals surface area contributed by atoms with Gasteiger partial charge in [-0.15, -0.1) is 12.4 Å². The van der Waals surface area contributed by atoms with Crippen LogP contribution < -0.4 is 4.90 Å². The van der Waals surface area contributed by atoms with Crippen LogP contribution in [-0.4, -0.2) is 16.5 Å². The molecule has 0 spiro atoms. The molecule has 0 saturated heterocycles. The Morgan fingerprint density at radius 2 is 1.35 bits per heavy atom. The molecule has 4 heteroatoms. The van der Waals surface area contributed by atoms with Gasteiger partial charge < -0.3 is 4.90 Å². The van der Waals surface area contributed by atoms with E-state index in [1.807, 2.05) is 36.4 Å². The molecule has 3 nitrogen and oxygen atoms in total. The number of para-hydroxylation sites is 2. The van der Waals surface area contributed by atoms with Crippen LogP contribution in [0.3, 0.4) is 0 Å². The summed E-state index contributed by atoms with van der Waals surface area (Å²) in [6.07, 6.45) is 1.63. The second-order valence-electron chi connectivity index (χ2n) is 5.87. The zero-order chi connectivity index (χ0) is 17.1. The van der Waals surface area contributed by atoms with Crippen molar-refractivity contribution in [2.45, 2.75) is 6.92 Å². The minimum Gasteiger partial charge on any atom is -0.326 e. The Balaban J connectivity index is 0.000000234. The summed E-state index contributed by atoms with van der Waals surface area (Å²) in [6.45, 7) is 2.99. The number of rotatable bonds is 3. The van der Waals surface area contributed by atoms with Crippen molar-refractivity contribution in [2.75, 3.05) is 11.4 Å². The van der Waals surface area contributed by atoms with Crippen LogP contribution >= 0.6 is 12.4 Å². The molecule has 2 aliphatic carbocycles. The molecule has 0 N–H and O–H groups in total. The first-order valence-corrected chi connectivity index (χ1v) is 8.49. The lowest BCUT2D eigenvalue weighted by atomic mass is 9.95. The maximum atomic E-state index is 4.47. The Morgan fingerprint density at radius 3 is 1.92 bits per heavy atom. The Bertz CT molecular complexity index is 959. The number of nitrogens with zero attached hydrogens (tertiary/aromatic N) is 3. The molecule has 0 saturated carbocycles. The lowest BCUT2D eigenvalue weighted by molar-refractivity contribution is 0.990. The van der Waals surface area contributed by atoms with E-state index >= 15 is 0 Å². The molecule has 0 unspecified atom stereocenters. The van der Waals surface area contributed by atoms with Crippen molar-refractivity contribution in [2.24, 2.45) is 0 Å². The number of anilines is 2. The van der Waals surface area contributed by atoms with Gasteiger partial charge in [0, 0.05) is 17.6 Å². The van der Waals surface area contributed by atoms with Gasteiger partial charge in [0.05, 0.1) is 5.52 Å². The van der Waals surface area contributed by atoms with Gasteiger partial charge in [0.1, 0.15) is 12.1 Å². The first kappa shape index (κ1) is 17.9. The van der Waals surface area contributed by atoms with Gasteiger partial charge in [0.15, 0.2) is 0 Å². The second-order valence-corrected chi connectivity index (χ2v) is 5.87. The van der Waals surface area contributed by atoms with E-state index in [1.165, 1.54) is 11.1 Å². The summed E-state index contributed by atoms with van der Waals surface area (Å²) >= 11 is 0. The fraction of sp³-hybridized carbons (Fsp3) is 0.0909. The summed E-state index contributed by atoms with van der Waals surface area (Å²) < 4.78 is 0. The van der Waals surface area contributed by atoms with E-state index < -0.39 is 0 Å². The highest BCUT2D eigenvalue weighted by Crippen LogP contribution is 2.30. The highest BCUT2D eigenvalue weighted by molar-refractivity contribution is 5.91. The standard InChI is InChI=1S/C16H15N3.C6H4.ClH/c1-2-19(13-8-4-3-5-9-13)16-14-10-6-7-11-15(14)17-12-18-16;1-2-6-4-3-5(1)6;/h3-12H,2H2,1H3;1-4H;1H. The van der Waals surface area contributed by atoms with Gasteiger partial charge in [-0.2, -0.15) is 0 Å². The fourth-order valence-corrected chi connectivity index (χ4v) is 2.93. The topological polar surface area (TPSA) is 29.0 Å². The van der Waals surface area contributed by atoms with Gasteiger partial charge in [-0.3, -0.25) is 0 Å². The molecule has 0 bridgehead atoms. The molecule has 2 aliphatic rings. The molecule has 3 aromatic rings. The van der Waals surface area contributed by atoms with Crippen LogP contribution in [0.5, 0.6) is 0 Å². The van der Waals surface area contributed by atoms with Crippen LogP contribution in [0.25, 0.3) is 22.0 Å². The van der Waals surface area contributed by atoms with E-state index in [1.54, 1.807) is 6.33 Å². The average Bonchev–Trinajstić information content (AvgIpc) is 2.67. The van der Waals surface area contributed by atoms with Gasteiger partial charge >= 0.3 is 0 Å². The van der Waals surface area contributed by atoms with Crippen molar-refractivity contribution in [1.82, 2.24) is 9.97 Å². The Kier molecular flexibility index (Phi) is 5.49. The van der Waals surface area contributed by atoms with E-state index in [-0.39, 0.29) is 12.4 Å². The van der Waals surface area contributed by atoms with Crippen molar-refractivity contribution in [3.05, 3.63) is 85.2 Å². The maximum Gasteiger partial charge on any atom is 0.144 e. The van der Waals surface area contributed by atoms with Gasteiger partial charge in [-0.25, -0.2) is 9.97 Å². The fourth-order valence-electron chi connectivity index (χ4n) is 2.93. The van der Waals surface area contributed by atoms with Crippen LogP contribution in [-0.2, 0) is 0 Å². The number of fused-ring (bicyclic) bond motifs is 2. The Morgan fingerprint density at radius 1 is 0.731 bits per heavy atom. The van der Waals surface area contributed by atoms with Crippen LogP contribution in [0.1, 0.15) is 6.92 Å². The summed E-state index contributed by atoms with van der Waals surface area (Å²) in [6, 6.07) is 26.9. The SMILES string of the molecule is CCN(c1ccccc1)c1ncnc2ccccc12.Cl.c1cc2ccc1-2. The monoisotopic (exact) mass is 361 g/mol. The summed E-state index contributed by atoms with van der Waals surface area (Å²) in [5, 5.41) is 1.08. The first-order chi connectivity index (χ1) is 12.4. The van der Waals surface area contributed by atoms with Gasteiger partial charge in [0.25, 0.3) is 0 Å². The summed E-state index contributed by atoms with van der Waals surface area (Å²) in [7, 11) is 0. The summed E-state index contributed by atoms with van der Waals surface area (Å²) in [5.41, 5.74) is 4.97. The van der Waals surface area contributed by atoms with Gasteiger partial charge in [-0.05, 0) is 42.3 Å². The lowest BCUT2D eigenvalue weighted by Crippen LogP contribution is -2.17. The van der Waals surface area contributed by atoms with E-state index in [0.29, 0.717) is 0 Å². The minimum absolute atomic E-state index is 0. The van der Waals surface area contributed by atoms with Crippen molar-refractivity contribution in [3.8, 4) is 11.1 Å². The van der Waals surface area contributed by atoms with Crippen molar-refractivity contribution in [3.63, 3.8) is 0 Å². The van der Waals surface area contributed by atoms with E-state index in [9.17, 15) is 0 Å². The molecule has 1 heterocycles. The third-order valence-electron chi connectivity index (χ3n) is 4.38. The zero-order valence-corrected chi connectivity index (χ0v) is 15.4. The molecule has 0 fully saturated rings. The highest BCUT2D eigenvalue weighted by Gasteiger charge is 2.11. The van der Waals surface area contributed by atoms with E-state index in [4.69, 9.17) is 0 Å². The number of benzene rings is 3. The minimum atomic E-state index is 0. The molecule has 130 valence electrons. The molecule has 2 aromatic carbocycles. The second kappa shape index (κ2) is 7.98. The normalized spacial score (nSPS) is 10.3. The zero-order valence-electron chi connectivity index (χ0n) is 14.5. The van der Waals surface area contributed by atoms with Crippen molar-refractivity contribution < 1.29 is 0 Å². The molecule has 0 amide bonds. The molecule has 1 aromatic heterocycles. The highest BCUT2D eigenvalue weighted by atomic mass is 35.5. The third kappa shape index (κ3) is 3.39. The Hall–Kier alpha value is -2.91. The predicted octanol–water partition coefficient (Wildman–Crippen LogP) is 5.88. The molecule has 0 aliphatic heterocycles. The quantitative estimate of drug-likeness (QED) is 0.402. The average molecular weight is 362 g/mol. The largest absolute Gasteiger partial charge is 0.326 e. The van der Waals surface area contributed by atoms with Crippen LogP contribution in [0, 0.1) is 0 Å². The van der Waals surface area contributed by atoms with Gasteiger partial charge in [0.2, 0.25) is 0 Å². The Labute approximate surface area is 159 Å². The predicted molar refractivity (Wildman–Crippen MR) is 111 cm³/mol. The number of halogens is 1. The smallest absolute Gasteiger partial charge is 0.144 e. The summed E-state index contributed by atoms with van der Waals surface area (Å²) in [4.78, 5) is 11.0. The first-order valence-electron chi connectivity index (χ1n) is 8.49.